The Labute approximate surface area is 167 Å². The van der Waals surface area contributed by atoms with Gasteiger partial charge in [0.25, 0.3) is 0 Å². The molecule has 0 atom stereocenters. The monoisotopic (exact) mass is 385 g/mol. The number of benzene rings is 1. The van der Waals surface area contributed by atoms with E-state index >= 15 is 0 Å². The van der Waals surface area contributed by atoms with Crippen LogP contribution >= 0.6 is 0 Å². The zero-order valence-electron chi connectivity index (χ0n) is 17.6. The Morgan fingerprint density at radius 2 is 1.57 bits per heavy atom. The molecule has 1 aromatic carbocycles. The number of nitrogens with zero attached hydrogens (tertiary/aromatic N) is 4. The van der Waals surface area contributed by atoms with E-state index < -0.39 is 4.92 Å². The molecule has 0 amide bonds. The molecule has 2 rings (SSSR count). The number of nitrogens with one attached hydrogen (secondary N) is 1. The summed E-state index contributed by atoms with van der Waals surface area (Å²) in [4.78, 5) is 21.9. The number of hydrogen-bond donors (Lipinski definition) is 1. The van der Waals surface area contributed by atoms with Gasteiger partial charge in [-0.25, -0.2) is 9.97 Å². The van der Waals surface area contributed by atoms with Gasteiger partial charge in [-0.1, -0.05) is 53.7 Å². The van der Waals surface area contributed by atoms with Crippen LogP contribution < -0.4 is 10.2 Å². The molecule has 0 aliphatic carbocycles. The van der Waals surface area contributed by atoms with E-state index in [0.717, 1.165) is 5.69 Å². The Bertz CT molecular complexity index is 778. The second-order valence-electron chi connectivity index (χ2n) is 8.25. The molecule has 0 aliphatic rings. The van der Waals surface area contributed by atoms with Crippen molar-refractivity contribution in [2.24, 2.45) is 11.8 Å². The summed E-state index contributed by atoms with van der Waals surface area (Å²) in [5.41, 5.74) is 1.89. The molecule has 0 aliphatic heterocycles. The normalized spacial score (nSPS) is 11.3. The average Bonchev–Trinajstić information content (AvgIpc) is 2.60. The van der Waals surface area contributed by atoms with Crippen LogP contribution in [0.25, 0.3) is 0 Å². The number of hydrogen-bond acceptors (Lipinski definition) is 6. The first-order chi connectivity index (χ1) is 13.2. The first-order valence-corrected chi connectivity index (χ1v) is 9.80. The summed E-state index contributed by atoms with van der Waals surface area (Å²) in [6.07, 6.45) is 1.39. The molecule has 0 unspecified atom stereocenters. The van der Waals surface area contributed by atoms with Crippen molar-refractivity contribution in [2.75, 3.05) is 23.3 Å². The first-order valence-electron chi connectivity index (χ1n) is 9.80. The van der Waals surface area contributed by atoms with Crippen molar-refractivity contribution >= 4 is 23.0 Å². The predicted molar refractivity (Wildman–Crippen MR) is 114 cm³/mol. The molecule has 28 heavy (non-hydrogen) atoms. The smallest absolute Gasteiger partial charge is 0.350 e. The quantitative estimate of drug-likeness (QED) is 0.461. The highest BCUT2D eigenvalue weighted by Crippen LogP contribution is 2.34. The second kappa shape index (κ2) is 9.48. The van der Waals surface area contributed by atoms with Gasteiger partial charge < -0.3 is 10.2 Å². The molecule has 1 aromatic heterocycles. The van der Waals surface area contributed by atoms with Crippen molar-refractivity contribution in [3.8, 4) is 0 Å². The van der Waals surface area contributed by atoms with Crippen molar-refractivity contribution < 1.29 is 4.92 Å². The highest BCUT2D eigenvalue weighted by molar-refractivity contribution is 5.74. The summed E-state index contributed by atoms with van der Waals surface area (Å²) in [5.74, 6) is 1.71. The maximum Gasteiger partial charge on any atom is 0.353 e. The second-order valence-corrected chi connectivity index (χ2v) is 8.25. The van der Waals surface area contributed by atoms with Gasteiger partial charge in [0.2, 0.25) is 11.6 Å². The first kappa shape index (κ1) is 21.6. The Kier molecular flexibility index (Phi) is 7.31. The van der Waals surface area contributed by atoms with Crippen molar-refractivity contribution in [3.63, 3.8) is 0 Å². The molecular weight excluding hydrogens is 354 g/mol. The fourth-order valence-electron chi connectivity index (χ4n) is 3.08. The van der Waals surface area contributed by atoms with Crippen LogP contribution in [-0.2, 0) is 0 Å². The van der Waals surface area contributed by atoms with E-state index in [4.69, 9.17) is 0 Å². The molecular formula is C21H31N5O2. The Morgan fingerprint density at radius 3 is 2.04 bits per heavy atom. The fraction of sp³-hybridized carbons (Fsp3) is 0.524. The largest absolute Gasteiger partial charge is 0.353 e. The predicted octanol–water partition coefficient (Wildman–Crippen LogP) is 5.37. The number of rotatable bonds is 9. The van der Waals surface area contributed by atoms with Crippen LogP contribution in [0.3, 0.4) is 0 Å². The molecule has 0 spiro atoms. The maximum atomic E-state index is 11.9. The van der Waals surface area contributed by atoms with Gasteiger partial charge in [-0.2, -0.15) is 0 Å². The summed E-state index contributed by atoms with van der Waals surface area (Å²) in [7, 11) is 0. The van der Waals surface area contributed by atoms with E-state index in [9.17, 15) is 10.1 Å². The third-order valence-electron chi connectivity index (χ3n) is 4.30. The molecule has 0 radical (unpaired) electrons. The van der Waals surface area contributed by atoms with E-state index in [-0.39, 0.29) is 11.5 Å². The Balaban J connectivity index is 2.42. The summed E-state index contributed by atoms with van der Waals surface area (Å²) >= 11 is 0. The van der Waals surface area contributed by atoms with Crippen LogP contribution in [-0.4, -0.2) is 28.0 Å². The van der Waals surface area contributed by atoms with Gasteiger partial charge in [0, 0.05) is 18.8 Å². The lowest BCUT2D eigenvalue weighted by atomic mass is 10.0. The number of aromatic nitrogens is 2. The van der Waals surface area contributed by atoms with Gasteiger partial charge >= 0.3 is 5.69 Å². The van der Waals surface area contributed by atoms with E-state index in [1.165, 1.54) is 11.9 Å². The van der Waals surface area contributed by atoms with Crippen LogP contribution in [0.2, 0.25) is 0 Å². The molecule has 0 saturated heterocycles. The van der Waals surface area contributed by atoms with Gasteiger partial charge in [0.15, 0.2) is 0 Å². The lowest BCUT2D eigenvalue weighted by molar-refractivity contribution is -0.383. The van der Waals surface area contributed by atoms with Crippen LogP contribution in [0, 0.1) is 22.0 Å². The molecule has 1 N–H and O–H groups in total. The van der Waals surface area contributed by atoms with Crippen LogP contribution in [0.15, 0.2) is 30.6 Å². The Morgan fingerprint density at radius 1 is 1.00 bits per heavy atom. The third kappa shape index (κ3) is 5.65. The molecule has 7 nitrogen and oxygen atoms in total. The highest BCUT2D eigenvalue weighted by atomic mass is 16.6. The molecule has 0 saturated carbocycles. The van der Waals surface area contributed by atoms with Gasteiger partial charge in [0.05, 0.1) is 4.92 Å². The SMILES string of the molecule is CC(C)CN(CC(C)C)c1ncnc(Nc2ccc(C(C)C)cc2)c1[N+](=O)[O-]. The van der Waals surface area contributed by atoms with Crippen molar-refractivity contribution in [3.05, 3.63) is 46.3 Å². The lowest BCUT2D eigenvalue weighted by Gasteiger charge is -2.27. The van der Waals surface area contributed by atoms with Crippen LogP contribution in [0.5, 0.6) is 0 Å². The topological polar surface area (TPSA) is 84.2 Å². The van der Waals surface area contributed by atoms with Crippen molar-refractivity contribution in [2.45, 2.75) is 47.5 Å². The maximum absolute atomic E-state index is 11.9. The molecule has 152 valence electrons. The van der Waals surface area contributed by atoms with Crippen LogP contribution in [0.4, 0.5) is 23.0 Å². The minimum absolute atomic E-state index is 0.0864. The van der Waals surface area contributed by atoms with Crippen molar-refractivity contribution in [1.82, 2.24) is 9.97 Å². The number of anilines is 3. The summed E-state index contributed by atoms with van der Waals surface area (Å²) < 4.78 is 0. The Hall–Kier alpha value is -2.70. The molecule has 1 heterocycles. The number of nitro groups is 1. The summed E-state index contributed by atoms with van der Waals surface area (Å²) in [6.45, 7) is 14.0. The standard InChI is InChI=1S/C21H31N5O2/c1-14(2)11-25(12-15(3)4)21-19(26(27)28)20(22-13-23-21)24-18-9-7-17(8-10-18)16(5)6/h7-10,13-16H,11-12H2,1-6H3,(H,22,23,24). The summed E-state index contributed by atoms with van der Waals surface area (Å²) in [6, 6.07) is 7.87. The summed E-state index contributed by atoms with van der Waals surface area (Å²) in [5, 5.41) is 15.0. The average molecular weight is 386 g/mol. The molecule has 2 aromatic rings. The van der Waals surface area contributed by atoms with E-state index in [2.05, 4.69) is 56.8 Å². The van der Waals surface area contributed by atoms with Gasteiger partial charge in [-0.05, 0) is 35.4 Å². The van der Waals surface area contributed by atoms with E-state index in [1.54, 1.807) is 0 Å². The molecule has 7 heteroatoms. The van der Waals surface area contributed by atoms with Gasteiger partial charge in [-0.3, -0.25) is 10.1 Å². The molecule has 0 fully saturated rings. The minimum atomic E-state index is -0.395. The third-order valence-corrected chi connectivity index (χ3v) is 4.30. The van der Waals surface area contributed by atoms with Gasteiger partial charge in [0.1, 0.15) is 6.33 Å². The van der Waals surface area contributed by atoms with E-state index in [0.29, 0.717) is 36.7 Å². The fourth-order valence-corrected chi connectivity index (χ4v) is 3.08. The zero-order valence-corrected chi connectivity index (χ0v) is 17.6. The zero-order chi connectivity index (χ0) is 20.8. The molecule has 0 bridgehead atoms. The minimum Gasteiger partial charge on any atom is -0.350 e. The van der Waals surface area contributed by atoms with E-state index in [1.807, 2.05) is 29.2 Å². The van der Waals surface area contributed by atoms with Crippen molar-refractivity contribution in [1.29, 1.82) is 0 Å². The highest BCUT2D eigenvalue weighted by Gasteiger charge is 2.28. The van der Waals surface area contributed by atoms with Gasteiger partial charge in [-0.15, -0.1) is 0 Å². The lowest BCUT2D eigenvalue weighted by Crippen LogP contribution is -2.32. The van der Waals surface area contributed by atoms with Crippen LogP contribution in [0.1, 0.15) is 53.0 Å².